The van der Waals surface area contributed by atoms with E-state index in [-0.39, 0.29) is 4.90 Å². The number of sulfone groups is 1. The number of aromatic nitrogens is 2. The van der Waals surface area contributed by atoms with Gasteiger partial charge in [0.25, 0.3) is 10.0 Å². The molecule has 0 aliphatic heterocycles. The summed E-state index contributed by atoms with van der Waals surface area (Å²) in [5.41, 5.74) is -0.853. The van der Waals surface area contributed by atoms with Crippen molar-refractivity contribution in [2.75, 3.05) is 11.0 Å². The van der Waals surface area contributed by atoms with Gasteiger partial charge in [0.15, 0.2) is 14.9 Å². The van der Waals surface area contributed by atoms with E-state index in [1.54, 1.807) is 6.07 Å². The first kappa shape index (κ1) is 15.2. The van der Waals surface area contributed by atoms with Crippen LogP contribution in [-0.4, -0.2) is 33.3 Å². The van der Waals surface area contributed by atoms with Crippen LogP contribution in [0.25, 0.3) is 0 Å². The number of anilines is 1. The maximum Gasteiger partial charge on any atom is 0.263 e. The number of aromatic amines is 1. The van der Waals surface area contributed by atoms with Gasteiger partial charge in [-0.3, -0.25) is 14.6 Å². The van der Waals surface area contributed by atoms with E-state index in [9.17, 15) is 21.6 Å². The molecule has 1 aromatic heterocycles. The van der Waals surface area contributed by atoms with E-state index in [0.717, 1.165) is 12.3 Å². The standard InChI is InChI=1S/C11H11N3O5S2/c1-20(16,17)10-7-9(15)11(13-12-10)14-21(18,19)8-5-3-2-4-6-8/h2-7H,1H3,(H,12,15)(H,13,14). The topological polar surface area (TPSA) is 126 Å². The zero-order valence-corrected chi connectivity index (χ0v) is 12.4. The summed E-state index contributed by atoms with van der Waals surface area (Å²) in [4.78, 5) is 11.7. The highest BCUT2D eigenvalue weighted by molar-refractivity contribution is 7.92. The summed E-state index contributed by atoms with van der Waals surface area (Å²) in [5, 5.41) is 5.18. The molecule has 0 spiro atoms. The number of nitrogens with zero attached hydrogens (tertiary/aromatic N) is 1. The molecule has 8 nitrogen and oxygen atoms in total. The van der Waals surface area contributed by atoms with E-state index in [1.165, 1.54) is 24.3 Å². The van der Waals surface area contributed by atoms with Crippen LogP contribution in [0.4, 0.5) is 5.82 Å². The van der Waals surface area contributed by atoms with Crippen molar-refractivity contribution in [3.63, 3.8) is 0 Å². The van der Waals surface area contributed by atoms with Gasteiger partial charge in [-0.2, -0.15) is 5.10 Å². The number of rotatable bonds is 4. The smallest absolute Gasteiger partial charge is 0.263 e. The summed E-state index contributed by atoms with van der Waals surface area (Å²) in [7, 11) is -7.60. The zero-order chi connectivity index (χ0) is 15.7. The van der Waals surface area contributed by atoms with Gasteiger partial charge in [0.1, 0.15) is 0 Å². The van der Waals surface area contributed by atoms with Crippen molar-refractivity contribution in [3.05, 3.63) is 46.6 Å². The fraction of sp³-hybridized carbons (Fsp3) is 0.0909. The van der Waals surface area contributed by atoms with Crippen LogP contribution in [0.3, 0.4) is 0 Å². The van der Waals surface area contributed by atoms with Gasteiger partial charge in [-0.05, 0) is 12.1 Å². The molecule has 2 N–H and O–H groups in total. The number of sulfonamides is 1. The third kappa shape index (κ3) is 3.47. The summed E-state index contributed by atoms with van der Waals surface area (Å²) in [6.07, 6.45) is 0.897. The Kier molecular flexibility index (Phi) is 3.83. The summed E-state index contributed by atoms with van der Waals surface area (Å²) in [6, 6.07) is 8.16. The molecule has 0 unspecified atom stereocenters. The second kappa shape index (κ2) is 5.30. The van der Waals surface area contributed by atoms with Crippen LogP contribution in [0, 0.1) is 0 Å². The Hall–Kier alpha value is -2.20. The number of hydrogen-bond acceptors (Lipinski definition) is 6. The first-order valence-electron chi connectivity index (χ1n) is 5.58. The van der Waals surface area contributed by atoms with Crippen LogP contribution in [0.2, 0.25) is 0 Å². The maximum absolute atomic E-state index is 12.0. The monoisotopic (exact) mass is 329 g/mol. The van der Waals surface area contributed by atoms with E-state index >= 15 is 0 Å². The highest BCUT2D eigenvalue weighted by atomic mass is 32.2. The van der Waals surface area contributed by atoms with Crippen LogP contribution in [0.5, 0.6) is 0 Å². The van der Waals surface area contributed by atoms with Gasteiger partial charge in [-0.15, -0.1) is 0 Å². The minimum absolute atomic E-state index is 0.0432. The molecule has 0 radical (unpaired) electrons. The van der Waals surface area contributed by atoms with Crippen molar-refractivity contribution in [2.24, 2.45) is 0 Å². The zero-order valence-electron chi connectivity index (χ0n) is 10.8. The van der Waals surface area contributed by atoms with Gasteiger partial charge in [0.05, 0.1) is 4.90 Å². The molecular formula is C11H11N3O5S2. The average Bonchev–Trinajstić information content (AvgIpc) is 2.41. The summed E-state index contributed by atoms with van der Waals surface area (Å²) in [5.74, 6) is -0.508. The molecule has 112 valence electrons. The largest absolute Gasteiger partial charge is 0.286 e. The first-order chi connectivity index (χ1) is 9.70. The minimum atomic E-state index is -3.97. The highest BCUT2D eigenvalue weighted by Crippen LogP contribution is 2.11. The molecule has 0 saturated heterocycles. The van der Waals surface area contributed by atoms with E-state index in [0.29, 0.717) is 0 Å². The van der Waals surface area contributed by atoms with Gasteiger partial charge in [0, 0.05) is 12.3 Å². The Bertz CT molecular complexity index is 918. The predicted molar refractivity (Wildman–Crippen MR) is 75.2 cm³/mol. The predicted octanol–water partition coefficient (Wildman–Crippen LogP) is -0.0258. The van der Waals surface area contributed by atoms with Gasteiger partial charge in [-0.25, -0.2) is 16.8 Å². The minimum Gasteiger partial charge on any atom is -0.286 e. The lowest BCUT2D eigenvalue weighted by Gasteiger charge is -2.06. The number of hydrogen-bond donors (Lipinski definition) is 2. The molecule has 0 fully saturated rings. The van der Waals surface area contributed by atoms with Gasteiger partial charge >= 0.3 is 0 Å². The third-order valence-corrected chi connectivity index (χ3v) is 4.82. The quantitative estimate of drug-likeness (QED) is 0.811. The Morgan fingerprint density at radius 1 is 1.10 bits per heavy atom. The average molecular weight is 329 g/mol. The molecule has 1 aromatic carbocycles. The molecule has 2 rings (SSSR count). The SMILES string of the molecule is CS(=O)(=O)c1cc(=O)c(NS(=O)(=O)c2ccccc2)n[nH]1. The fourth-order valence-corrected chi connectivity index (χ4v) is 3.00. The van der Waals surface area contributed by atoms with Crippen molar-refractivity contribution in [3.8, 4) is 0 Å². The fourth-order valence-electron chi connectivity index (χ4n) is 1.43. The Morgan fingerprint density at radius 2 is 1.71 bits per heavy atom. The van der Waals surface area contributed by atoms with Gasteiger partial charge in [0.2, 0.25) is 11.2 Å². The van der Waals surface area contributed by atoms with Crippen LogP contribution in [-0.2, 0) is 19.9 Å². The van der Waals surface area contributed by atoms with Crippen molar-refractivity contribution >= 4 is 25.7 Å². The Balaban J connectivity index is 2.40. The van der Waals surface area contributed by atoms with Crippen LogP contribution < -0.4 is 10.2 Å². The van der Waals surface area contributed by atoms with E-state index < -0.39 is 36.1 Å². The first-order valence-corrected chi connectivity index (χ1v) is 8.95. The molecule has 0 aliphatic rings. The number of benzene rings is 1. The third-order valence-electron chi connectivity index (χ3n) is 2.46. The summed E-state index contributed by atoms with van der Waals surface area (Å²) >= 11 is 0. The van der Waals surface area contributed by atoms with E-state index in [2.05, 4.69) is 10.2 Å². The summed E-state index contributed by atoms with van der Waals surface area (Å²) in [6.45, 7) is 0. The molecule has 21 heavy (non-hydrogen) atoms. The van der Waals surface area contributed by atoms with Gasteiger partial charge in [-0.1, -0.05) is 18.2 Å². The Morgan fingerprint density at radius 3 is 2.24 bits per heavy atom. The normalized spacial score (nSPS) is 12.0. The maximum atomic E-state index is 12.0. The highest BCUT2D eigenvalue weighted by Gasteiger charge is 2.18. The summed E-state index contributed by atoms with van der Waals surface area (Å²) < 4.78 is 48.5. The number of H-pyrrole nitrogens is 1. The molecule has 0 bridgehead atoms. The van der Waals surface area contributed by atoms with Crippen LogP contribution in [0.15, 0.2) is 51.1 Å². The van der Waals surface area contributed by atoms with Crippen molar-refractivity contribution in [1.29, 1.82) is 0 Å². The molecule has 1 heterocycles. The molecular weight excluding hydrogens is 318 g/mol. The molecule has 0 atom stereocenters. The molecule has 0 saturated carbocycles. The van der Waals surface area contributed by atoms with Crippen molar-refractivity contribution < 1.29 is 16.8 Å². The van der Waals surface area contributed by atoms with Crippen molar-refractivity contribution in [1.82, 2.24) is 10.2 Å². The molecule has 0 amide bonds. The van der Waals surface area contributed by atoms with E-state index in [4.69, 9.17) is 0 Å². The lowest BCUT2D eigenvalue weighted by Crippen LogP contribution is -2.21. The second-order valence-electron chi connectivity index (χ2n) is 4.14. The second-order valence-corrected chi connectivity index (χ2v) is 7.80. The lowest BCUT2D eigenvalue weighted by atomic mass is 10.4. The lowest BCUT2D eigenvalue weighted by molar-refractivity contribution is 0.596. The van der Waals surface area contributed by atoms with Gasteiger partial charge < -0.3 is 0 Å². The van der Waals surface area contributed by atoms with E-state index in [1.807, 2.05) is 4.72 Å². The van der Waals surface area contributed by atoms with Crippen LogP contribution in [0.1, 0.15) is 0 Å². The Labute approximate surface area is 120 Å². The molecule has 2 aromatic rings. The molecule has 10 heteroatoms. The molecule has 0 aliphatic carbocycles. The van der Waals surface area contributed by atoms with Crippen LogP contribution >= 0.6 is 0 Å². The van der Waals surface area contributed by atoms with Crippen molar-refractivity contribution in [2.45, 2.75) is 9.92 Å². The number of nitrogens with one attached hydrogen (secondary N) is 2.